The number of benzene rings is 2. The Kier molecular flexibility index (Phi) is 6.26. The van der Waals surface area contributed by atoms with E-state index in [-0.39, 0.29) is 23.2 Å². The monoisotopic (exact) mass is 428 g/mol. The number of anilines is 2. The molecule has 162 valence electrons. The number of aromatic nitrogens is 1. The maximum Gasteiger partial charge on any atom is 0.274 e. The SMILES string of the molecule is Cc1cccc(NC(=O)c2ccccc2NC(=O)c2cccc(C(=O)N3CCCC3)n2)c1. The number of likely N-dealkylation sites (tertiary alicyclic amines) is 1. The zero-order valence-corrected chi connectivity index (χ0v) is 17.8. The highest BCUT2D eigenvalue weighted by Crippen LogP contribution is 2.19. The van der Waals surface area contributed by atoms with Crippen molar-refractivity contribution in [2.45, 2.75) is 19.8 Å². The maximum atomic E-state index is 12.9. The Bertz CT molecular complexity index is 1170. The molecule has 7 heteroatoms. The predicted molar refractivity (Wildman–Crippen MR) is 123 cm³/mol. The molecule has 2 aromatic carbocycles. The van der Waals surface area contributed by atoms with Crippen LogP contribution in [0.5, 0.6) is 0 Å². The van der Waals surface area contributed by atoms with E-state index in [1.807, 2.05) is 25.1 Å². The van der Waals surface area contributed by atoms with Gasteiger partial charge in [-0.3, -0.25) is 14.4 Å². The molecule has 7 nitrogen and oxygen atoms in total. The van der Waals surface area contributed by atoms with Crippen molar-refractivity contribution in [3.05, 3.63) is 89.2 Å². The lowest BCUT2D eigenvalue weighted by Gasteiger charge is -2.15. The van der Waals surface area contributed by atoms with Gasteiger partial charge in [-0.1, -0.05) is 30.3 Å². The molecule has 32 heavy (non-hydrogen) atoms. The van der Waals surface area contributed by atoms with Gasteiger partial charge in [-0.25, -0.2) is 4.98 Å². The van der Waals surface area contributed by atoms with Crippen molar-refractivity contribution >= 4 is 29.1 Å². The molecule has 0 unspecified atom stereocenters. The Hall–Kier alpha value is -4.00. The van der Waals surface area contributed by atoms with Gasteiger partial charge in [0.05, 0.1) is 11.3 Å². The lowest BCUT2D eigenvalue weighted by atomic mass is 10.1. The van der Waals surface area contributed by atoms with E-state index < -0.39 is 5.91 Å². The van der Waals surface area contributed by atoms with Crippen molar-refractivity contribution in [1.29, 1.82) is 0 Å². The molecule has 0 radical (unpaired) electrons. The van der Waals surface area contributed by atoms with Gasteiger partial charge >= 0.3 is 0 Å². The van der Waals surface area contributed by atoms with Crippen LogP contribution in [0.2, 0.25) is 0 Å². The summed E-state index contributed by atoms with van der Waals surface area (Å²) in [4.78, 5) is 44.3. The van der Waals surface area contributed by atoms with Gasteiger partial charge in [0, 0.05) is 18.8 Å². The average molecular weight is 428 g/mol. The van der Waals surface area contributed by atoms with Gasteiger partial charge < -0.3 is 15.5 Å². The number of hydrogen-bond acceptors (Lipinski definition) is 4. The fourth-order valence-electron chi connectivity index (χ4n) is 3.66. The molecule has 3 aromatic rings. The summed E-state index contributed by atoms with van der Waals surface area (Å²) in [6, 6.07) is 19.0. The number of nitrogens with zero attached hydrogens (tertiary/aromatic N) is 2. The van der Waals surface area contributed by atoms with Crippen LogP contribution in [-0.4, -0.2) is 40.7 Å². The summed E-state index contributed by atoms with van der Waals surface area (Å²) in [7, 11) is 0. The third-order valence-corrected chi connectivity index (χ3v) is 5.29. The number of nitrogens with one attached hydrogen (secondary N) is 2. The van der Waals surface area contributed by atoms with Crippen LogP contribution < -0.4 is 10.6 Å². The Morgan fingerprint density at radius 1 is 0.812 bits per heavy atom. The van der Waals surface area contributed by atoms with Crippen LogP contribution in [0.15, 0.2) is 66.7 Å². The van der Waals surface area contributed by atoms with E-state index in [1.54, 1.807) is 53.4 Å². The van der Waals surface area contributed by atoms with Crippen LogP contribution in [0.25, 0.3) is 0 Å². The number of rotatable bonds is 5. The van der Waals surface area contributed by atoms with Gasteiger partial charge in [-0.15, -0.1) is 0 Å². The Labute approximate surface area is 186 Å². The van der Waals surface area contributed by atoms with Crippen LogP contribution in [0.3, 0.4) is 0 Å². The minimum absolute atomic E-state index is 0.115. The van der Waals surface area contributed by atoms with Crippen molar-refractivity contribution in [2.75, 3.05) is 23.7 Å². The number of para-hydroxylation sites is 1. The smallest absolute Gasteiger partial charge is 0.274 e. The second-order valence-corrected chi connectivity index (χ2v) is 7.73. The van der Waals surface area contributed by atoms with Gasteiger partial charge in [0.2, 0.25) is 0 Å². The molecular formula is C25H24N4O3. The number of carbonyl (C=O) groups is 3. The molecule has 1 aromatic heterocycles. The quantitative estimate of drug-likeness (QED) is 0.639. The fourth-order valence-corrected chi connectivity index (χ4v) is 3.66. The third-order valence-electron chi connectivity index (χ3n) is 5.29. The highest BCUT2D eigenvalue weighted by atomic mass is 16.2. The van der Waals surface area contributed by atoms with Crippen molar-refractivity contribution in [2.24, 2.45) is 0 Å². The van der Waals surface area contributed by atoms with E-state index in [1.165, 1.54) is 0 Å². The van der Waals surface area contributed by atoms with Gasteiger partial charge in [0.1, 0.15) is 11.4 Å². The van der Waals surface area contributed by atoms with Gasteiger partial charge in [-0.2, -0.15) is 0 Å². The van der Waals surface area contributed by atoms with Gasteiger partial charge in [0.15, 0.2) is 0 Å². The van der Waals surface area contributed by atoms with E-state index >= 15 is 0 Å². The molecular weight excluding hydrogens is 404 g/mol. The lowest BCUT2D eigenvalue weighted by Crippen LogP contribution is -2.29. The summed E-state index contributed by atoms with van der Waals surface area (Å²) in [5.41, 5.74) is 2.74. The molecule has 4 rings (SSSR count). The van der Waals surface area contributed by atoms with E-state index in [4.69, 9.17) is 0 Å². The molecule has 2 heterocycles. The second kappa shape index (κ2) is 9.43. The lowest BCUT2D eigenvalue weighted by molar-refractivity contribution is 0.0786. The van der Waals surface area contributed by atoms with Crippen LogP contribution >= 0.6 is 0 Å². The molecule has 0 saturated carbocycles. The van der Waals surface area contributed by atoms with E-state index in [2.05, 4.69) is 15.6 Å². The van der Waals surface area contributed by atoms with Crippen molar-refractivity contribution in [1.82, 2.24) is 9.88 Å². The van der Waals surface area contributed by atoms with Gasteiger partial charge in [0.25, 0.3) is 17.7 Å². The van der Waals surface area contributed by atoms with Crippen LogP contribution in [-0.2, 0) is 0 Å². The number of carbonyl (C=O) groups excluding carboxylic acids is 3. The van der Waals surface area contributed by atoms with Crippen LogP contribution in [0.1, 0.15) is 49.7 Å². The largest absolute Gasteiger partial charge is 0.337 e. The number of hydrogen-bond donors (Lipinski definition) is 2. The first kappa shape index (κ1) is 21.2. The Balaban J connectivity index is 1.51. The Morgan fingerprint density at radius 3 is 2.31 bits per heavy atom. The van der Waals surface area contributed by atoms with Crippen molar-refractivity contribution in [3.63, 3.8) is 0 Å². The van der Waals surface area contributed by atoms with Gasteiger partial charge in [-0.05, 0) is 61.7 Å². The van der Waals surface area contributed by atoms with Crippen molar-refractivity contribution in [3.8, 4) is 0 Å². The molecule has 0 bridgehead atoms. The molecule has 3 amide bonds. The first-order chi connectivity index (χ1) is 15.5. The first-order valence-corrected chi connectivity index (χ1v) is 10.6. The van der Waals surface area contributed by atoms with E-state index in [9.17, 15) is 14.4 Å². The summed E-state index contributed by atoms with van der Waals surface area (Å²) >= 11 is 0. The summed E-state index contributed by atoms with van der Waals surface area (Å²) in [6.07, 6.45) is 1.96. The van der Waals surface area contributed by atoms with E-state index in [0.29, 0.717) is 30.0 Å². The molecule has 0 atom stereocenters. The number of aryl methyl sites for hydroxylation is 1. The Morgan fingerprint density at radius 2 is 1.53 bits per heavy atom. The molecule has 0 aliphatic carbocycles. The fraction of sp³-hybridized carbons (Fsp3) is 0.200. The predicted octanol–water partition coefficient (Wildman–Crippen LogP) is 4.13. The zero-order valence-electron chi connectivity index (χ0n) is 17.8. The normalized spacial score (nSPS) is 13.0. The standard InChI is InChI=1S/C25H24N4O3/c1-17-8-6-9-18(16-17)26-23(30)19-10-2-3-11-20(19)28-24(31)21-12-7-13-22(27-21)25(32)29-14-4-5-15-29/h2-3,6-13,16H,4-5,14-15H2,1H3,(H,26,30)(H,28,31). The summed E-state index contributed by atoms with van der Waals surface area (Å²) in [5, 5.41) is 5.61. The molecule has 1 saturated heterocycles. The number of pyridine rings is 1. The minimum atomic E-state index is -0.489. The topological polar surface area (TPSA) is 91.4 Å². The van der Waals surface area contributed by atoms with E-state index in [0.717, 1.165) is 18.4 Å². The zero-order chi connectivity index (χ0) is 22.5. The molecule has 2 N–H and O–H groups in total. The van der Waals surface area contributed by atoms with Crippen molar-refractivity contribution < 1.29 is 14.4 Å². The van der Waals surface area contributed by atoms with Crippen LogP contribution in [0.4, 0.5) is 11.4 Å². The highest BCUT2D eigenvalue weighted by Gasteiger charge is 2.22. The molecule has 1 fully saturated rings. The minimum Gasteiger partial charge on any atom is -0.337 e. The summed E-state index contributed by atoms with van der Waals surface area (Å²) in [5.74, 6) is -0.996. The molecule has 0 spiro atoms. The first-order valence-electron chi connectivity index (χ1n) is 10.6. The maximum absolute atomic E-state index is 12.9. The third kappa shape index (κ3) is 4.83. The summed E-state index contributed by atoms with van der Waals surface area (Å²) < 4.78 is 0. The average Bonchev–Trinajstić information content (AvgIpc) is 3.34. The highest BCUT2D eigenvalue weighted by molar-refractivity contribution is 6.12. The molecule has 1 aliphatic rings. The summed E-state index contributed by atoms with van der Waals surface area (Å²) in [6.45, 7) is 3.36. The number of amides is 3. The molecule has 1 aliphatic heterocycles. The van der Waals surface area contributed by atoms with Crippen LogP contribution in [0, 0.1) is 6.92 Å². The second-order valence-electron chi connectivity index (χ2n) is 7.73.